The summed E-state index contributed by atoms with van der Waals surface area (Å²) in [5.74, 6) is -0.434. The van der Waals surface area contributed by atoms with E-state index in [0.717, 1.165) is 33.6 Å². The van der Waals surface area contributed by atoms with Crippen LogP contribution < -0.4 is 0 Å². The first kappa shape index (κ1) is 18.6. The number of benzene rings is 1. The zero-order valence-corrected chi connectivity index (χ0v) is 16.9. The van der Waals surface area contributed by atoms with Gasteiger partial charge in [-0.05, 0) is 24.5 Å². The van der Waals surface area contributed by atoms with Gasteiger partial charge in [0.25, 0.3) is 5.91 Å². The maximum atomic E-state index is 13.1. The van der Waals surface area contributed by atoms with Crippen LogP contribution in [0.4, 0.5) is 0 Å². The number of piperazine rings is 1. The van der Waals surface area contributed by atoms with Crippen molar-refractivity contribution in [3.63, 3.8) is 0 Å². The Morgan fingerprint density at radius 3 is 2.72 bits per heavy atom. The van der Waals surface area contributed by atoms with Gasteiger partial charge >= 0.3 is 0 Å². The summed E-state index contributed by atoms with van der Waals surface area (Å²) in [7, 11) is -3.57. The molecule has 0 radical (unpaired) electrons. The molecule has 1 unspecified atom stereocenters. The fourth-order valence-electron chi connectivity index (χ4n) is 4.43. The number of nitrogens with one attached hydrogen (secondary N) is 1. The molecule has 1 aliphatic carbocycles. The molecule has 8 nitrogen and oxygen atoms in total. The maximum absolute atomic E-state index is 13.1. The highest BCUT2D eigenvalue weighted by Gasteiger charge is 2.48. The highest BCUT2D eigenvalue weighted by molar-refractivity contribution is 7.89. The average Bonchev–Trinajstić information content (AvgIpc) is 3.47. The van der Waals surface area contributed by atoms with Crippen LogP contribution in [0.15, 0.2) is 30.5 Å². The normalized spacial score (nSPS) is 25.1. The zero-order chi connectivity index (χ0) is 20.2. The van der Waals surface area contributed by atoms with Crippen molar-refractivity contribution in [1.29, 1.82) is 0 Å². The first-order valence-corrected chi connectivity index (χ1v) is 11.7. The SMILES string of the molecule is O=C(Cc1c[nH]c2ccccc12)N1CCN2CCS(=O)(=O)N(C3CC3)C(=O)C2C1. The van der Waals surface area contributed by atoms with Gasteiger partial charge in [-0.1, -0.05) is 18.2 Å². The monoisotopic (exact) mass is 416 g/mol. The zero-order valence-electron chi connectivity index (χ0n) is 16.1. The summed E-state index contributed by atoms with van der Waals surface area (Å²) in [5, 5.41) is 1.02. The number of amides is 2. The number of hydrogen-bond donors (Lipinski definition) is 1. The lowest BCUT2D eigenvalue weighted by atomic mass is 10.1. The van der Waals surface area contributed by atoms with Crippen LogP contribution in [-0.2, 0) is 26.0 Å². The summed E-state index contributed by atoms with van der Waals surface area (Å²) in [6.45, 7) is 1.61. The molecule has 29 heavy (non-hydrogen) atoms. The van der Waals surface area contributed by atoms with Crippen molar-refractivity contribution in [3.8, 4) is 0 Å². The summed E-state index contributed by atoms with van der Waals surface area (Å²) in [6, 6.07) is 7.08. The fraction of sp³-hybridized carbons (Fsp3) is 0.500. The number of carbonyl (C=O) groups excluding carboxylic acids is 2. The van der Waals surface area contributed by atoms with Crippen molar-refractivity contribution in [2.45, 2.75) is 31.3 Å². The highest BCUT2D eigenvalue weighted by Crippen LogP contribution is 2.33. The van der Waals surface area contributed by atoms with Gasteiger partial charge in [-0.15, -0.1) is 0 Å². The molecule has 3 aliphatic rings. The number of aromatic amines is 1. The third-order valence-corrected chi connectivity index (χ3v) is 7.95. The van der Waals surface area contributed by atoms with Crippen LogP contribution in [0.5, 0.6) is 0 Å². The number of carbonyl (C=O) groups is 2. The van der Waals surface area contributed by atoms with E-state index >= 15 is 0 Å². The van der Waals surface area contributed by atoms with Crippen molar-refractivity contribution < 1.29 is 18.0 Å². The molecule has 1 aromatic carbocycles. The predicted octanol–water partition coefficient (Wildman–Crippen LogP) is 0.558. The number of para-hydroxylation sites is 1. The number of fused-ring (bicyclic) bond motifs is 2. The number of rotatable bonds is 3. The van der Waals surface area contributed by atoms with Gasteiger partial charge in [-0.25, -0.2) is 12.7 Å². The topological polar surface area (TPSA) is 93.8 Å². The lowest BCUT2D eigenvalue weighted by Crippen LogP contribution is -2.59. The standard InChI is InChI=1S/C20H24N4O4S/c25-19(11-14-12-21-17-4-2-1-3-16(14)17)23-8-7-22-9-10-29(27,28)24(15-5-6-15)20(26)18(22)13-23/h1-4,12,15,18,21H,5-11,13H2. The van der Waals surface area contributed by atoms with Crippen LogP contribution in [0.1, 0.15) is 18.4 Å². The molecule has 3 fully saturated rings. The van der Waals surface area contributed by atoms with E-state index in [-0.39, 0.29) is 36.6 Å². The Hall–Kier alpha value is -2.39. The first-order valence-electron chi connectivity index (χ1n) is 10.1. The van der Waals surface area contributed by atoms with Crippen LogP contribution in [0.2, 0.25) is 0 Å². The van der Waals surface area contributed by atoms with Crippen LogP contribution >= 0.6 is 0 Å². The molecule has 2 amide bonds. The summed E-state index contributed by atoms with van der Waals surface area (Å²) >= 11 is 0. The minimum atomic E-state index is -3.57. The second-order valence-electron chi connectivity index (χ2n) is 8.11. The fourth-order valence-corrected chi connectivity index (χ4v) is 6.16. The van der Waals surface area contributed by atoms with Crippen molar-refractivity contribution in [1.82, 2.24) is 19.1 Å². The van der Waals surface area contributed by atoms with Gasteiger partial charge in [0.2, 0.25) is 15.9 Å². The Balaban J connectivity index is 1.34. The van der Waals surface area contributed by atoms with Crippen LogP contribution in [0, 0.1) is 0 Å². The number of hydrogen-bond acceptors (Lipinski definition) is 5. The maximum Gasteiger partial charge on any atom is 0.255 e. The molecule has 0 spiro atoms. The Bertz CT molecular complexity index is 1080. The van der Waals surface area contributed by atoms with Gasteiger partial charge in [0, 0.05) is 49.3 Å². The molecule has 2 aromatic rings. The molecule has 1 saturated carbocycles. The molecule has 2 saturated heterocycles. The third-order valence-electron chi connectivity index (χ3n) is 6.18. The van der Waals surface area contributed by atoms with Crippen LogP contribution in [0.3, 0.4) is 0 Å². The second-order valence-corrected chi connectivity index (χ2v) is 10.1. The van der Waals surface area contributed by atoms with E-state index in [4.69, 9.17) is 0 Å². The summed E-state index contributed by atoms with van der Waals surface area (Å²) in [6.07, 6.45) is 3.59. The van der Waals surface area contributed by atoms with E-state index < -0.39 is 16.1 Å². The summed E-state index contributed by atoms with van der Waals surface area (Å²) < 4.78 is 26.3. The molecular formula is C20H24N4O4S. The molecule has 1 atom stereocenters. The van der Waals surface area contributed by atoms with Gasteiger partial charge in [0.15, 0.2) is 0 Å². The Morgan fingerprint density at radius 2 is 1.93 bits per heavy atom. The lowest BCUT2D eigenvalue weighted by molar-refractivity contribution is -0.139. The number of nitrogens with zero attached hydrogens (tertiary/aromatic N) is 3. The van der Waals surface area contributed by atoms with E-state index in [1.165, 1.54) is 0 Å². The molecule has 2 aliphatic heterocycles. The first-order chi connectivity index (χ1) is 13.9. The highest BCUT2D eigenvalue weighted by atomic mass is 32.2. The van der Waals surface area contributed by atoms with Gasteiger partial charge in [-0.3, -0.25) is 14.5 Å². The molecule has 1 aromatic heterocycles. The molecule has 3 heterocycles. The Kier molecular flexibility index (Phi) is 4.40. The Morgan fingerprint density at radius 1 is 1.14 bits per heavy atom. The van der Waals surface area contributed by atoms with Gasteiger partial charge < -0.3 is 9.88 Å². The van der Waals surface area contributed by atoms with E-state index in [1.807, 2.05) is 35.4 Å². The number of aromatic nitrogens is 1. The lowest BCUT2D eigenvalue weighted by Gasteiger charge is -2.39. The van der Waals surface area contributed by atoms with Crippen molar-refractivity contribution in [3.05, 3.63) is 36.0 Å². The average molecular weight is 417 g/mol. The van der Waals surface area contributed by atoms with E-state index in [9.17, 15) is 18.0 Å². The van der Waals surface area contributed by atoms with Gasteiger partial charge in [0.05, 0.1) is 12.2 Å². The summed E-state index contributed by atoms with van der Waals surface area (Å²) in [4.78, 5) is 32.9. The smallest absolute Gasteiger partial charge is 0.255 e. The second kappa shape index (κ2) is 6.84. The van der Waals surface area contributed by atoms with Crippen LogP contribution in [0.25, 0.3) is 10.9 Å². The van der Waals surface area contributed by atoms with Crippen LogP contribution in [-0.4, -0.2) is 83.3 Å². The largest absolute Gasteiger partial charge is 0.361 e. The summed E-state index contributed by atoms with van der Waals surface area (Å²) in [5.41, 5.74) is 1.92. The molecule has 5 rings (SSSR count). The number of sulfonamides is 1. The van der Waals surface area contributed by atoms with Crippen molar-refractivity contribution >= 4 is 32.7 Å². The van der Waals surface area contributed by atoms with Gasteiger partial charge in [-0.2, -0.15) is 0 Å². The van der Waals surface area contributed by atoms with E-state index in [0.29, 0.717) is 19.6 Å². The van der Waals surface area contributed by atoms with E-state index in [1.54, 1.807) is 4.90 Å². The van der Waals surface area contributed by atoms with Crippen molar-refractivity contribution in [2.24, 2.45) is 0 Å². The minimum Gasteiger partial charge on any atom is -0.361 e. The third kappa shape index (κ3) is 3.32. The molecule has 154 valence electrons. The molecular weight excluding hydrogens is 392 g/mol. The quantitative estimate of drug-likeness (QED) is 0.789. The molecule has 9 heteroatoms. The predicted molar refractivity (Wildman–Crippen MR) is 108 cm³/mol. The van der Waals surface area contributed by atoms with Gasteiger partial charge in [0.1, 0.15) is 6.04 Å². The Labute approximate surface area is 169 Å². The van der Waals surface area contributed by atoms with Crippen molar-refractivity contribution in [2.75, 3.05) is 31.9 Å². The number of H-pyrrole nitrogens is 1. The molecule has 0 bridgehead atoms. The van der Waals surface area contributed by atoms with E-state index in [2.05, 4.69) is 4.98 Å². The molecule has 1 N–H and O–H groups in total. The minimum absolute atomic E-state index is 0.0327.